The summed E-state index contributed by atoms with van der Waals surface area (Å²) in [6.45, 7) is 1.57. The molecule has 2 rings (SSSR count). The molecule has 0 fully saturated rings. The van der Waals surface area contributed by atoms with E-state index in [2.05, 4.69) is 15.9 Å². The molecule has 3 nitrogen and oxygen atoms in total. The van der Waals surface area contributed by atoms with Gasteiger partial charge in [-0.1, -0.05) is 12.1 Å². The third kappa shape index (κ3) is 1.89. The molecule has 0 spiro atoms. The first-order chi connectivity index (χ1) is 8.54. The molecule has 0 aliphatic heterocycles. The minimum Gasteiger partial charge on any atom is -0.381 e. The second-order valence-electron chi connectivity index (χ2n) is 3.65. The van der Waals surface area contributed by atoms with Crippen LogP contribution in [0.4, 0.5) is 14.6 Å². The van der Waals surface area contributed by atoms with E-state index >= 15 is 0 Å². The van der Waals surface area contributed by atoms with Gasteiger partial charge >= 0.3 is 0 Å². The quantitative estimate of drug-likeness (QED) is 0.784. The third-order valence-electron chi connectivity index (χ3n) is 2.52. The molecular weight excluding hydrogens is 236 g/mol. The van der Waals surface area contributed by atoms with Gasteiger partial charge in [0, 0.05) is 5.56 Å². The fourth-order valence-corrected chi connectivity index (χ4v) is 1.53. The van der Waals surface area contributed by atoms with Crippen LogP contribution >= 0.6 is 0 Å². The van der Waals surface area contributed by atoms with Crippen molar-refractivity contribution in [3.05, 3.63) is 41.1 Å². The average Bonchev–Trinajstić information content (AvgIpc) is 2.36. The molecular formula is C13H9F2N3. The number of hydrogen-bond donors (Lipinski definition) is 1. The summed E-state index contributed by atoms with van der Waals surface area (Å²) < 4.78 is 26.8. The molecule has 1 heterocycles. The molecule has 0 aliphatic rings. The monoisotopic (exact) mass is 245 g/mol. The molecule has 0 atom stereocenters. The summed E-state index contributed by atoms with van der Waals surface area (Å²) in [4.78, 5) is 7.64. The zero-order chi connectivity index (χ0) is 13.3. The molecule has 5 heteroatoms. The highest BCUT2D eigenvalue weighted by molar-refractivity contribution is 5.62. The number of nitrogens with zero attached hydrogens (tertiary/aromatic N) is 2. The summed E-state index contributed by atoms with van der Waals surface area (Å²) in [5.41, 5.74) is 5.95. The van der Waals surface area contributed by atoms with E-state index in [1.807, 2.05) is 0 Å². The Balaban J connectivity index is 2.69. The highest BCUT2D eigenvalue weighted by Crippen LogP contribution is 2.24. The van der Waals surface area contributed by atoms with Crippen LogP contribution < -0.4 is 5.73 Å². The van der Waals surface area contributed by atoms with Crippen molar-refractivity contribution < 1.29 is 8.78 Å². The maximum Gasteiger partial charge on any atom is 0.199 e. The third-order valence-corrected chi connectivity index (χ3v) is 2.52. The molecule has 0 saturated heterocycles. The second kappa shape index (κ2) is 4.41. The fraction of sp³-hybridized carbons (Fsp3) is 0.0769. The summed E-state index contributed by atoms with van der Waals surface area (Å²) >= 11 is 0. The van der Waals surface area contributed by atoms with Crippen LogP contribution in [0.5, 0.6) is 0 Å². The van der Waals surface area contributed by atoms with Gasteiger partial charge in [-0.2, -0.15) is 4.39 Å². The van der Waals surface area contributed by atoms with Gasteiger partial charge in [-0.25, -0.2) is 14.4 Å². The van der Waals surface area contributed by atoms with Crippen molar-refractivity contribution in [3.8, 4) is 23.7 Å². The maximum absolute atomic E-state index is 13.4. The summed E-state index contributed by atoms with van der Waals surface area (Å²) in [6.07, 6.45) is 5.12. The molecule has 2 N–H and O–H groups in total. The Bertz CT molecular complexity index is 660. The van der Waals surface area contributed by atoms with Crippen molar-refractivity contribution in [1.29, 1.82) is 0 Å². The summed E-state index contributed by atoms with van der Waals surface area (Å²) in [7, 11) is 0. The smallest absolute Gasteiger partial charge is 0.199 e. The first kappa shape index (κ1) is 12.0. The number of halogens is 2. The second-order valence-corrected chi connectivity index (χ2v) is 3.65. The van der Waals surface area contributed by atoms with E-state index in [1.54, 1.807) is 13.0 Å². The van der Waals surface area contributed by atoms with Crippen LogP contribution in [0, 0.1) is 30.9 Å². The Morgan fingerprint density at radius 3 is 2.67 bits per heavy atom. The Morgan fingerprint density at radius 2 is 2.00 bits per heavy atom. The van der Waals surface area contributed by atoms with Gasteiger partial charge in [-0.05, 0) is 24.5 Å². The van der Waals surface area contributed by atoms with Gasteiger partial charge in [0.25, 0.3) is 0 Å². The topological polar surface area (TPSA) is 51.8 Å². The predicted octanol–water partition coefficient (Wildman–Crippen LogP) is 2.29. The molecule has 0 aliphatic carbocycles. The fourth-order valence-electron chi connectivity index (χ4n) is 1.53. The summed E-state index contributed by atoms with van der Waals surface area (Å²) in [5, 5.41) is 0. The Hall–Kier alpha value is -2.48. The van der Waals surface area contributed by atoms with Crippen molar-refractivity contribution in [2.75, 3.05) is 5.73 Å². The normalized spacial score (nSPS) is 10.1. The number of aromatic nitrogens is 2. The van der Waals surface area contributed by atoms with Crippen molar-refractivity contribution in [3.63, 3.8) is 0 Å². The van der Waals surface area contributed by atoms with Gasteiger partial charge in [0.2, 0.25) is 0 Å². The first-order valence-electron chi connectivity index (χ1n) is 5.09. The highest BCUT2D eigenvalue weighted by Gasteiger charge is 2.14. The van der Waals surface area contributed by atoms with Crippen LogP contribution in [0.15, 0.2) is 18.2 Å². The molecule has 0 unspecified atom stereocenters. The van der Waals surface area contributed by atoms with Crippen LogP contribution in [0.1, 0.15) is 11.3 Å². The standard InChI is InChI=1S/C13H9F2N3/c1-3-10-11(15)12(16)18-13(17-10)8-5-4-6-9(14)7(8)2/h1,4-6H,2H3,(H2,16,17,18). The van der Waals surface area contributed by atoms with Crippen LogP contribution in [-0.4, -0.2) is 9.97 Å². The SMILES string of the molecule is C#Cc1nc(-c2cccc(F)c2C)nc(N)c1F. The lowest BCUT2D eigenvalue weighted by molar-refractivity contribution is 0.614. The lowest BCUT2D eigenvalue weighted by Crippen LogP contribution is -2.04. The zero-order valence-corrected chi connectivity index (χ0v) is 9.54. The van der Waals surface area contributed by atoms with Gasteiger partial charge < -0.3 is 5.73 Å². The van der Waals surface area contributed by atoms with Crippen LogP contribution in [-0.2, 0) is 0 Å². The van der Waals surface area contributed by atoms with E-state index in [-0.39, 0.29) is 17.3 Å². The average molecular weight is 245 g/mol. The van der Waals surface area contributed by atoms with Gasteiger partial charge in [0.1, 0.15) is 5.82 Å². The lowest BCUT2D eigenvalue weighted by Gasteiger charge is -2.07. The lowest BCUT2D eigenvalue weighted by atomic mass is 10.1. The van der Waals surface area contributed by atoms with Gasteiger partial charge in [-0.3, -0.25) is 0 Å². The summed E-state index contributed by atoms with van der Waals surface area (Å²) in [5.74, 6) is 0.601. The van der Waals surface area contributed by atoms with E-state index in [0.29, 0.717) is 11.1 Å². The van der Waals surface area contributed by atoms with E-state index < -0.39 is 11.6 Å². The van der Waals surface area contributed by atoms with E-state index in [4.69, 9.17) is 12.2 Å². The largest absolute Gasteiger partial charge is 0.381 e. The molecule has 2 aromatic rings. The van der Waals surface area contributed by atoms with Crippen molar-refractivity contribution in [2.45, 2.75) is 6.92 Å². The Labute approximate surface area is 103 Å². The van der Waals surface area contributed by atoms with Gasteiger partial charge in [-0.15, -0.1) is 6.42 Å². The molecule has 18 heavy (non-hydrogen) atoms. The highest BCUT2D eigenvalue weighted by atomic mass is 19.1. The Morgan fingerprint density at radius 1 is 1.28 bits per heavy atom. The summed E-state index contributed by atoms with van der Waals surface area (Å²) in [6, 6.07) is 4.44. The predicted molar refractivity (Wildman–Crippen MR) is 64.5 cm³/mol. The van der Waals surface area contributed by atoms with E-state index in [1.165, 1.54) is 12.1 Å². The molecule has 0 amide bonds. The van der Waals surface area contributed by atoms with E-state index in [9.17, 15) is 8.78 Å². The number of anilines is 1. The maximum atomic E-state index is 13.4. The molecule has 1 aromatic heterocycles. The zero-order valence-electron chi connectivity index (χ0n) is 9.54. The van der Waals surface area contributed by atoms with Crippen molar-refractivity contribution >= 4 is 5.82 Å². The number of rotatable bonds is 1. The molecule has 0 radical (unpaired) electrons. The molecule has 90 valence electrons. The molecule has 1 aromatic carbocycles. The number of nitrogen functional groups attached to an aromatic ring is 1. The number of benzene rings is 1. The van der Waals surface area contributed by atoms with Crippen LogP contribution in [0.2, 0.25) is 0 Å². The molecule has 0 saturated carbocycles. The van der Waals surface area contributed by atoms with Crippen LogP contribution in [0.25, 0.3) is 11.4 Å². The minimum absolute atomic E-state index is 0.110. The number of nitrogens with two attached hydrogens (primary N) is 1. The van der Waals surface area contributed by atoms with E-state index in [0.717, 1.165) is 0 Å². The minimum atomic E-state index is -0.838. The van der Waals surface area contributed by atoms with Crippen molar-refractivity contribution in [2.24, 2.45) is 0 Å². The van der Waals surface area contributed by atoms with Crippen molar-refractivity contribution in [1.82, 2.24) is 9.97 Å². The van der Waals surface area contributed by atoms with Gasteiger partial charge in [0.05, 0.1) is 0 Å². The molecule has 0 bridgehead atoms. The Kier molecular flexibility index (Phi) is 2.94. The number of terminal acetylenes is 1. The number of hydrogen-bond acceptors (Lipinski definition) is 3. The van der Waals surface area contributed by atoms with Gasteiger partial charge in [0.15, 0.2) is 23.2 Å². The first-order valence-corrected chi connectivity index (χ1v) is 5.09. The van der Waals surface area contributed by atoms with Crippen LogP contribution in [0.3, 0.4) is 0 Å².